The Kier molecular flexibility index (Phi) is 7.89. The predicted molar refractivity (Wildman–Crippen MR) is 83.1 cm³/mol. The largest absolute Gasteiger partial charge is 0.376 e. The molecule has 0 saturated carbocycles. The summed E-state index contributed by atoms with van der Waals surface area (Å²) in [5, 5.41) is 2.85. The highest BCUT2D eigenvalue weighted by Gasteiger charge is 2.22. The molecule has 0 aliphatic carbocycles. The van der Waals surface area contributed by atoms with Crippen LogP contribution in [0.5, 0.6) is 0 Å². The number of amides is 1. The number of carbonyl (C=O) groups excluding carboxylic acids is 2. The summed E-state index contributed by atoms with van der Waals surface area (Å²) in [6.45, 7) is 11.2. The summed E-state index contributed by atoms with van der Waals surface area (Å²) in [6, 6.07) is 0. The van der Waals surface area contributed by atoms with Crippen molar-refractivity contribution < 1.29 is 14.3 Å². The van der Waals surface area contributed by atoms with Crippen LogP contribution in [0.25, 0.3) is 0 Å². The van der Waals surface area contributed by atoms with E-state index in [-0.39, 0.29) is 23.8 Å². The van der Waals surface area contributed by atoms with Gasteiger partial charge in [0.1, 0.15) is 5.78 Å². The number of carbonyl (C=O) groups is 2. The van der Waals surface area contributed by atoms with Gasteiger partial charge in [-0.3, -0.25) is 14.5 Å². The fourth-order valence-electron chi connectivity index (χ4n) is 2.24. The molecule has 1 aliphatic rings. The van der Waals surface area contributed by atoms with Crippen LogP contribution in [0.15, 0.2) is 0 Å². The number of likely N-dealkylation sites (tertiary alicyclic amines) is 1. The normalized spacial score (nSPS) is 17.4. The summed E-state index contributed by atoms with van der Waals surface area (Å²) in [4.78, 5) is 25.3. The van der Waals surface area contributed by atoms with Crippen molar-refractivity contribution in [1.82, 2.24) is 10.2 Å². The smallest absolute Gasteiger partial charge is 0.222 e. The van der Waals surface area contributed by atoms with Crippen molar-refractivity contribution in [3.63, 3.8) is 0 Å². The van der Waals surface area contributed by atoms with Crippen molar-refractivity contribution >= 4 is 11.7 Å². The number of nitrogens with one attached hydrogen (secondary N) is 1. The van der Waals surface area contributed by atoms with E-state index >= 15 is 0 Å². The number of piperidine rings is 1. The molecule has 0 aromatic carbocycles. The molecule has 1 fully saturated rings. The lowest BCUT2D eigenvalue weighted by molar-refractivity contribution is -0.124. The first-order chi connectivity index (χ1) is 9.90. The Bertz CT molecular complexity index is 332. The summed E-state index contributed by atoms with van der Waals surface area (Å²) >= 11 is 0. The lowest BCUT2D eigenvalue weighted by Gasteiger charge is -2.31. The number of nitrogens with zero attached hydrogens (tertiary/aromatic N) is 1. The van der Waals surface area contributed by atoms with Gasteiger partial charge in [0.15, 0.2) is 0 Å². The van der Waals surface area contributed by atoms with Gasteiger partial charge in [0.05, 0.1) is 19.3 Å². The molecule has 1 saturated heterocycles. The summed E-state index contributed by atoms with van der Waals surface area (Å²) in [7, 11) is 0. The second kappa shape index (κ2) is 9.15. The lowest BCUT2D eigenvalue weighted by Crippen LogP contribution is -2.41. The molecule has 5 nitrogen and oxygen atoms in total. The Labute approximate surface area is 128 Å². The SMILES string of the molecule is CC(C)C(=O)CN1CCC(OCCNC(=O)C(C)C)CC1. The number of Topliss-reactive ketones (excluding diaryl/α,β-unsaturated/α-hetero) is 1. The Morgan fingerprint density at radius 1 is 1.14 bits per heavy atom. The molecule has 1 aliphatic heterocycles. The minimum Gasteiger partial charge on any atom is -0.376 e. The molecule has 5 heteroatoms. The first-order valence-electron chi connectivity index (χ1n) is 8.04. The van der Waals surface area contributed by atoms with E-state index in [0.29, 0.717) is 25.5 Å². The third-order valence-electron chi connectivity index (χ3n) is 3.84. The standard InChI is InChI=1S/C16H30N2O3/c1-12(2)15(19)11-18-8-5-14(6-9-18)21-10-7-17-16(20)13(3)4/h12-14H,5-11H2,1-4H3,(H,17,20). The fraction of sp³-hybridized carbons (Fsp3) is 0.875. The van der Waals surface area contributed by atoms with Gasteiger partial charge in [0.25, 0.3) is 0 Å². The molecular formula is C16H30N2O3. The van der Waals surface area contributed by atoms with Crippen LogP contribution in [0.3, 0.4) is 0 Å². The minimum absolute atomic E-state index is 0.0201. The third kappa shape index (κ3) is 7.05. The van der Waals surface area contributed by atoms with E-state index in [0.717, 1.165) is 25.9 Å². The number of ether oxygens (including phenoxy) is 1. The summed E-state index contributed by atoms with van der Waals surface area (Å²) in [5.74, 6) is 0.515. The predicted octanol–water partition coefficient (Wildman–Crippen LogP) is 1.46. The molecule has 21 heavy (non-hydrogen) atoms. The van der Waals surface area contributed by atoms with Crippen molar-refractivity contribution in [3.8, 4) is 0 Å². The van der Waals surface area contributed by atoms with Crippen LogP contribution in [0.1, 0.15) is 40.5 Å². The highest BCUT2D eigenvalue weighted by atomic mass is 16.5. The second-order valence-electron chi connectivity index (χ2n) is 6.41. The van der Waals surface area contributed by atoms with E-state index in [4.69, 9.17) is 4.74 Å². The third-order valence-corrected chi connectivity index (χ3v) is 3.84. The average Bonchev–Trinajstić information content (AvgIpc) is 2.44. The van der Waals surface area contributed by atoms with Gasteiger partial charge in [-0.1, -0.05) is 27.7 Å². The maximum Gasteiger partial charge on any atom is 0.222 e. The van der Waals surface area contributed by atoms with Crippen LogP contribution in [0.2, 0.25) is 0 Å². The molecule has 1 rings (SSSR count). The van der Waals surface area contributed by atoms with Gasteiger partial charge < -0.3 is 10.1 Å². The van der Waals surface area contributed by atoms with Crippen molar-refractivity contribution in [2.24, 2.45) is 11.8 Å². The number of hydrogen-bond donors (Lipinski definition) is 1. The Hall–Kier alpha value is -0.940. The number of ketones is 1. The van der Waals surface area contributed by atoms with Gasteiger partial charge in [0, 0.05) is 31.5 Å². The molecule has 122 valence electrons. The number of rotatable bonds is 8. The molecule has 0 radical (unpaired) electrons. The monoisotopic (exact) mass is 298 g/mol. The van der Waals surface area contributed by atoms with Gasteiger partial charge in [-0.25, -0.2) is 0 Å². The summed E-state index contributed by atoms with van der Waals surface area (Å²) in [6.07, 6.45) is 2.18. The highest BCUT2D eigenvalue weighted by molar-refractivity contribution is 5.82. The van der Waals surface area contributed by atoms with Crippen LogP contribution in [0.4, 0.5) is 0 Å². The van der Waals surface area contributed by atoms with Crippen molar-refractivity contribution in [2.45, 2.75) is 46.6 Å². The molecule has 0 unspecified atom stereocenters. The zero-order chi connectivity index (χ0) is 15.8. The maximum absolute atomic E-state index is 11.7. The molecule has 1 N–H and O–H groups in total. The molecule has 0 aromatic heterocycles. The number of hydrogen-bond acceptors (Lipinski definition) is 4. The average molecular weight is 298 g/mol. The molecule has 0 bridgehead atoms. The quantitative estimate of drug-likeness (QED) is 0.689. The molecule has 0 spiro atoms. The Balaban J connectivity index is 2.11. The minimum atomic E-state index is 0.0201. The highest BCUT2D eigenvalue weighted by Crippen LogP contribution is 2.14. The van der Waals surface area contributed by atoms with Crippen molar-refractivity contribution in [3.05, 3.63) is 0 Å². The molecule has 0 aromatic rings. The van der Waals surface area contributed by atoms with Crippen LogP contribution >= 0.6 is 0 Å². The lowest BCUT2D eigenvalue weighted by atomic mass is 10.0. The topological polar surface area (TPSA) is 58.6 Å². The Morgan fingerprint density at radius 3 is 2.29 bits per heavy atom. The zero-order valence-corrected chi connectivity index (χ0v) is 13.9. The summed E-state index contributed by atoms with van der Waals surface area (Å²) in [5.41, 5.74) is 0. The van der Waals surface area contributed by atoms with Crippen LogP contribution in [0, 0.1) is 11.8 Å². The second-order valence-corrected chi connectivity index (χ2v) is 6.41. The van der Waals surface area contributed by atoms with Crippen LogP contribution in [-0.4, -0.2) is 55.5 Å². The van der Waals surface area contributed by atoms with E-state index < -0.39 is 0 Å². The molecule has 1 amide bonds. The van der Waals surface area contributed by atoms with Crippen molar-refractivity contribution in [1.29, 1.82) is 0 Å². The van der Waals surface area contributed by atoms with E-state index in [1.165, 1.54) is 0 Å². The molecule has 1 heterocycles. The van der Waals surface area contributed by atoms with Crippen molar-refractivity contribution in [2.75, 3.05) is 32.8 Å². The van der Waals surface area contributed by atoms with Gasteiger partial charge >= 0.3 is 0 Å². The van der Waals surface area contributed by atoms with Gasteiger partial charge in [0.2, 0.25) is 5.91 Å². The van der Waals surface area contributed by atoms with Gasteiger partial charge in [-0.05, 0) is 12.8 Å². The van der Waals surface area contributed by atoms with Crippen LogP contribution in [-0.2, 0) is 14.3 Å². The Morgan fingerprint density at radius 2 is 1.76 bits per heavy atom. The van der Waals surface area contributed by atoms with E-state index in [1.807, 2.05) is 27.7 Å². The molecular weight excluding hydrogens is 268 g/mol. The van der Waals surface area contributed by atoms with Gasteiger partial charge in [-0.15, -0.1) is 0 Å². The van der Waals surface area contributed by atoms with E-state index in [9.17, 15) is 9.59 Å². The molecule has 0 atom stereocenters. The first-order valence-corrected chi connectivity index (χ1v) is 8.04. The first kappa shape index (κ1) is 18.1. The maximum atomic E-state index is 11.7. The van der Waals surface area contributed by atoms with Crippen LogP contribution < -0.4 is 5.32 Å². The van der Waals surface area contributed by atoms with Gasteiger partial charge in [-0.2, -0.15) is 0 Å². The zero-order valence-electron chi connectivity index (χ0n) is 13.9. The van der Waals surface area contributed by atoms with E-state index in [2.05, 4.69) is 10.2 Å². The van der Waals surface area contributed by atoms with E-state index in [1.54, 1.807) is 0 Å². The fourth-order valence-corrected chi connectivity index (χ4v) is 2.24. The summed E-state index contributed by atoms with van der Waals surface area (Å²) < 4.78 is 5.79.